The van der Waals surface area contributed by atoms with Gasteiger partial charge in [-0.15, -0.1) is 0 Å². The first-order chi connectivity index (χ1) is 7.69. The zero-order chi connectivity index (χ0) is 11.5. The van der Waals surface area contributed by atoms with Gasteiger partial charge < -0.3 is 5.32 Å². The van der Waals surface area contributed by atoms with Gasteiger partial charge in [0.25, 0.3) is 0 Å². The van der Waals surface area contributed by atoms with Gasteiger partial charge in [0, 0.05) is 6.04 Å². The minimum absolute atomic E-state index is 0.0958. The van der Waals surface area contributed by atoms with Crippen LogP contribution in [0.2, 0.25) is 0 Å². The molecule has 0 aliphatic heterocycles. The molecule has 1 nitrogen and oxygen atoms in total. The summed E-state index contributed by atoms with van der Waals surface area (Å²) >= 11 is 0. The minimum Gasteiger partial charge on any atom is -0.317 e. The van der Waals surface area contributed by atoms with Gasteiger partial charge in [-0.1, -0.05) is 12.5 Å². The second-order valence-corrected chi connectivity index (χ2v) is 4.91. The lowest BCUT2D eigenvalue weighted by atomic mass is 9.81. The summed E-state index contributed by atoms with van der Waals surface area (Å²) in [5, 5.41) is 3.34. The average molecular weight is 221 g/mol. The molecular formula is C14H20FN. The van der Waals surface area contributed by atoms with E-state index in [1.54, 1.807) is 12.1 Å². The van der Waals surface area contributed by atoms with Crippen LogP contribution in [-0.2, 0) is 0 Å². The minimum atomic E-state index is -0.0958. The molecule has 0 aromatic heterocycles. The predicted octanol–water partition coefficient (Wildman–Crippen LogP) is 3.38. The van der Waals surface area contributed by atoms with Crippen molar-refractivity contribution < 1.29 is 4.39 Å². The first-order valence-corrected chi connectivity index (χ1v) is 6.13. The molecule has 1 aliphatic rings. The van der Waals surface area contributed by atoms with Crippen LogP contribution in [0.3, 0.4) is 0 Å². The summed E-state index contributed by atoms with van der Waals surface area (Å²) in [4.78, 5) is 0. The average Bonchev–Trinajstić information content (AvgIpc) is 2.28. The molecule has 0 spiro atoms. The van der Waals surface area contributed by atoms with Gasteiger partial charge in [-0.25, -0.2) is 4.39 Å². The van der Waals surface area contributed by atoms with E-state index in [0.29, 0.717) is 12.0 Å². The second kappa shape index (κ2) is 4.96. The Labute approximate surface area is 97.1 Å². The Balaban J connectivity index is 2.16. The molecule has 2 rings (SSSR count). The number of benzene rings is 1. The van der Waals surface area contributed by atoms with E-state index in [-0.39, 0.29) is 5.82 Å². The molecule has 0 saturated heterocycles. The third-order valence-electron chi connectivity index (χ3n) is 3.62. The lowest BCUT2D eigenvalue weighted by Gasteiger charge is -2.29. The van der Waals surface area contributed by atoms with Gasteiger partial charge in [0.15, 0.2) is 0 Å². The van der Waals surface area contributed by atoms with Gasteiger partial charge in [-0.3, -0.25) is 0 Å². The molecule has 1 saturated carbocycles. The molecule has 0 bridgehead atoms. The number of aryl methyl sites for hydroxylation is 1. The fourth-order valence-corrected chi connectivity index (χ4v) is 2.76. The van der Waals surface area contributed by atoms with Crippen molar-refractivity contribution in [1.29, 1.82) is 0 Å². The highest BCUT2D eigenvalue weighted by atomic mass is 19.1. The molecule has 1 N–H and O–H groups in total. The smallest absolute Gasteiger partial charge is 0.123 e. The molecule has 1 aromatic carbocycles. The summed E-state index contributed by atoms with van der Waals surface area (Å²) in [6.45, 7) is 1.96. The van der Waals surface area contributed by atoms with Crippen LogP contribution in [0.15, 0.2) is 18.2 Å². The molecule has 0 radical (unpaired) electrons. The third-order valence-corrected chi connectivity index (χ3v) is 3.62. The van der Waals surface area contributed by atoms with E-state index in [1.807, 2.05) is 14.0 Å². The molecule has 88 valence electrons. The number of hydrogen-bond donors (Lipinski definition) is 1. The predicted molar refractivity (Wildman–Crippen MR) is 65.2 cm³/mol. The Morgan fingerprint density at radius 3 is 2.75 bits per heavy atom. The van der Waals surface area contributed by atoms with Crippen LogP contribution in [0.4, 0.5) is 4.39 Å². The molecule has 0 amide bonds. The van der Waals surface area contributed by atoms with Crippen molar-refractivity contribution in [2.24, 2.45) is 0 Å². The van der Waals surface area contributed by atoms with Crippen molar-refractivity contribution in [3.05, 3.63) is 35.1 Å². The van der Waals surface area contributed by atoms with Gasteiger partial charge in [0.05, 0.1) is 0 Å². The number of halogens is 1. The standard InChI is InChI=1S/C14H20FN/c1-10-6-12(8-13(15)7-10)11-4-3-5-14(9-11)16-2/h6-8,11,14,16H,3-5,9H2,1-2H3. The highest BCUT2D eigenvalue weighted by molar-refractivity contribution is 5.27. The molecule has 2 atom stereocenters. The zero-order valence-electron chi connectivity index (χ0n) is 10.1. The summed E-state index contributed by atoms with van der Waals surface area (Å²) in [6.07, 6.45) is 4.83. The van der Waals surface area contributed by atoms with E-state index < -0.39 is 0 Å². The fourth-order valence-electron chi connectivity index (χ4n) is 2.76. The molecule has 0 heterocycles. The number of hydrogen-bond acceptors (Lipinski definition) is 1. The Kier molecular flexibility index (Phi) is 3.59. The second-order valence-electron chi connectivity index (χ2n) is 4.91. The van der Waals surface area contributed by atoms with Crippen LogP contribution in [0.5, 0.6) is 0 Å². The molecular weight excluding hydrogens is 201 g/mol. The van der Waals surface area contributed by atoms with Crippen molar-refractivity contribution in [2.75, 3.05) is 7.05 Å². The van der Waals surface area contributed by atoms with Crippen molar-refractivity contribution in [3.8, 4) is 0 Å². The van der Waals surface area contributed by atoms with Gasteiger partial charge >= 0.3 is 0 Å². The van der Waals surface area contributed by atoms with E-state index in [9.17, 15) is 4.39 Å². The van der Waals surface area contributed by atoms with E-state index in [4.69, 9.17) is 0 Å². The zero-order valence-corrected chi connectivity index (χ0v) is 10.1. The Morgan fingerprint density at radius 2 is 2.06 bits per heavy atom. The van der Waals surface area contributed by atoms with Crippen LogP contribution in [0.1, 0.15) is 42.7 Å². The van der Waals surface area contributed by atoms with Crippen LogP contribution >= 0.6 is 0 Å². The normalized spacial score (nSPS) is 25.7. The highest BCUT2D eigenvalue weighted by Crippen LogP contribution is 2.33. The molecule has 1 aromatic rings. The van der Waals surface area contributed by atoms with E-state index in [1.165, 1.54) is 24.8 Å². The van der Waals surface area contributed by atoms with Crippen LogP contribution in [0.25, 0.3) is 0 Å². The lowest BCUT2D eigenvalue weighted by Crippen LogP contribution is -2.30. The molecule has 1 fully saturated rings. The quantitative estimate of drug-likeness (QED) is 0.807. The van der Waals surface area contributed by atoms with Crippen molar-refractivity contribution in [2.45, 2.75) is 44.6 Å². The number of rotatable bonds is 2. The van der Waals surface area contributed by atoms with Crippen LogP contribution in [-0.4, -0.2) is 13.1 Å². The van der Waals surface area contributed by atoms with E-state index >= 15 is 0 Å². The van der Waals surface area contributed by atoms with Crippen LogP contribution < -0.4 is 5.32 Å². The van der Waals surface area contributed by atoms with Crippen molar-refractivity contribution in [1.82, 2.24) is 5.32 Å². The van der Waals surface area contributed by atoms with E-state index in [0.717, 1.165) is 12.0 Å². The maximum Gasteiger partial charge on any atom is 0.123 e. The largest absolute Gasteiger partial charge is 0.317 e. The summed E-state index contributed by atoms with van der Waals surface area (Å²) in [5.41, 5.74) is 2.21. The maximum atomic E-state index is 13.3. The highest BCUT2D eigenvalue weighted by Gasteiger charge is 2.22. The van der Waals surface area contributed by atoms with Gasteiger partial charge in [0.1, 0.15) is 5.82 Å². The molecule has 2 heteroatoms. The SMILES string of the molecule is CNC1CCCC(c2cc(C)cc(F)c2)C1. The monoisotopic (exact) mass is 221 g/mol. The Hall–Kier alpha value is -0.890. The summed E-state index contributed by atoms with van der Waals surface area (Å²) in [5.74, 6) is 0.433. The molecule has 16 heavy (non-hydrogen) atoms. The van der Waals surface area contributed by atoms with E-state index in [2.05, 4.69) is 11.4 Å². The van der Waals surface area contributed by atoms with Gasteiger partial charge in [-0.2, -0.15) is 0 Å². The molecule has 1 aliphatic carbocycles. The van der Waals surface area contributed by atoms with Crippen molar-refractivity contribution in [3.63, 3.8) is 0 Å². The van der Waals surface area contributed by atoms with Crippen LogP contribution in [0, 0.1) is 12.7 Å². The summed E-state index contributed by atoms with van der Waals surface area (Å²) in [6, 6.07) is 6.03. The molecule has 2 unspecified atom stereocenters. The summed E-state index contributed by atoms with van der Waals surface area (Å²) in [7, 11) is 2.02. The Morgan fingerprint density at radius 1 is 1.25 bits per heavy atom. The lowest BCUT2D eigenvalue weighted by molar-refractivity contribution is 0.355. The first kappa shape index (κ1) is 11.6. The fraction of sp³-hybridized carbons (Fsp3) is 0.571. The first-order valence-electron chi connectivity index (χ1n) is 6.13. The topological polar surface area (TPSA) is 12.0 Å². The van der Waals surface area contributed by atoms with Crippen molar-refractivity contribution >= 4 is 0 Å². The van der Waals surface area contributed by atoms with Gasteiger partial charge in [-0.05, 0) is 62.4 Å². The summed E-state index contributed by atoms with van der Waals surface area (Å²) < 4.78 is 13.3. The Bertz CT molecular complexity index is 342. The number of nitrogens with one attached hydrogen (secondary N) is 1. The van der Waals surface area contributed by atoms with Gasteiger partial charge in [0.2, 0.25) is 0 Å². The third kappa shape index (κ3) is 2.62. The maximum absolute atomic E-state index is 13.3.